The van der Waals surface area contributed by atoms with E-state index in [0.717, 1.165) is 34.2 Å². The van der Waals surface area contributed by atoms with Gasteiger partial charge in [0.1, 0.15) is 5.82 Å². The molecule has 0 fully saturated rings. The lowest BCUT2D eigenvalue weighted by Crippen LogP contribution is -2.06. The molecule has 0 aliphatic rings. The molecule has 4 nitrogen and oxygen atoms in total. The average molecular weight is 252 g/mol. The summed E-state index contributed by atoms with van der Waals surface area (Å²) in [6.07, 6.45) is 3.49. The Bertz CT molecular complexity index is 737. The van der Waals surface area contributed by atoms with Gasteiger partial charge in [-0.25, -0.2) is 15.0 Å². The topological polar surface area (TPSA) is 64.7 Å². The van der Waals surface area contributed by atoms with Crippen molar-refractivity contribution in [3.05, 3.63) is 41.9 Å². The van der Waals surface area contributed by atoms with Crippen LogP contribution in [0.4, 0.5) is 0 Å². The molecule has 4 heteroatoms. The Morgan fingerprint density at radius 2 is 2.05 bits per heavy atom. The van der Waals surface area contributed by atoms with Crippen molar-refractivity contribution < 1.29 is 0 Å². The van der Waals surface area contributed by atoms with Crippen LogP contribution in [0.5, 0.6) is 0 Å². The van der Waals surface area contributed by atoms with Gasteiger partial charge >= 0.3 is 0 Å². The zero-order chi connectivity index (χ0) is 13.2. The molecule has 0 unspecified atom stereocenters. The number of benzene rings is 1. The molecule has 0 aliphatic carbocycles. The molecule has 0 radical (unpaired) electrons. The molecule has 0 amide bonds. The van der Waals surface area contributed by atoms with E-state index in [9.17, 15) is 0 Å². The van der Waals surface area contributed by atoms with E-state index in [0.29, 0.717) is 13.0 Å². The SMILES string of the molecule is CCc1cccc2cc3cnc(CCN)nc3nc12. The number of nitrogens with zero attached hydrogens (tertiary/aromatic N) is 3. The molecule has 96 valence electrons. The van der Waals surface area contributed by atoms with Crippen LogP contribution in [0.3, 0.4) is 0 Å². The van der Waals surface area contributed by atoms with Crippen molar-refractivity contribution in [3.63, 3.8) is 0 Å². The van der Waals surface area contributed by atoms with Crippen molar-refractivity contribution in [2.45, 2.75) is 19.8 Å². The van der Waals surface area contributed by atoms with Crippen molar-refractivity contribution in [1.29, 1.82) is 0 Å². The third-order valence-corrected chi connectivity index (χ3v) is 3.27. The minimum atomic E-state index is 0.555. The number of hydrogen-bond acceptors (Lipinski definition) is 4. The quantitative estimate of drug-likeness (QED) is 0.726. The first kappa shape index (κ1) is 12.0. The Morgan fingerprint density at radius 1 is 1.16 bits per heavy atom. The smallest absolute Gasteiger partial charge is 0.163 e. The average Bonchev–Trinajstić information content (AvgIpc) is 2.45. The molecule has 0 bridgehead atoms. The Morgan fingerprint density at radius 3 is 2.84 bits per heavy atom. The first-order valence-corrected chi connectivity index (χ1v) is 6.56. The monoisotopic (exact) mass is 252 g/mol. The van der Waals surface area contributed by atoms with Gasteiger partial charge in [0.05, 0.1) is 5.52 Å². The summed E-state index contributed by atoms with van der Waals surface area (Å²) in [7, 11) is 0. The van der Waals surface area contributed by atoms with Gasteiger partial charge in [-0.15, -0.1) is 0 Å². The second kappa shape index (κ2) is 4.90. The van der Waals surface area contributed by atoms with Crippen molar-refractivity contribution in [2.75, 3.05) is 6.54 Å². The number of aryl methyl sites for hydroxylation is 1. The van der Waals surface area contributed by atoms with E-state index in [1.807, 2.05) is 6.20 Å². The summed E-state index contributed by atoms with van der Waals surface area (Å²) in [5, 5.41) is 2.11. The second-order valence-corrected chi connectivity index (χ2v) is 4.57. The Hall–Kier alpha value is -2.07. The van der Waals surface area contributed by atoms with Gasteiger partial charge in [-0.1, -0.05) is 25.1 Å². The molecule has 0 aliphatic heterocycles. The molecule has 19 heavy (non-hydrogen) atoms. The molecule has 0 spiro atoms. The fourth-order valence-corrected chi connectivity index (χ4v) is 2.28. The van der Waals surface area contributed by atoms with Gasteiger partial charge < -0.3 is 5.73 Å². The van der Waals surface area contributed by atoms with Crippen molar-refractivity contribution in [3.8, 4) is 0 Å². The van der Waals surface area contributed by atoms with Gasteiger partial charge in [0.25, 0.3) is 0 Å². The predicted molar refractivity (Wildman–Crippen MR) is 77.0 cm³/mol. The normalized spacial score (nSPS) is 11.3. The molecular formula is C15H16N4. The highest BCUT2D eigenvalue weighted by Gasteiger charge is 2.06. The maximum absolute atomic E-state index is 5.54. The zero-order valence-corrected chi connectivity index (χ0v) is 10.9. The fourth-order valence-electron chi connectivity index (χ4n) is 2.28. The predicted octanol–water partition coefficient (Wildman–Crippen LogP) is 2.24. The van der Waals surface area contributed by atoms with Crippen LogP contribution in [0, 0.1) is 0 Å². The van der Waals surface area contributed by atoms with Crippen LogP contribution in [0.2, 0.25) is 0 Å². The van der Waals surface area contributed by atoms with E-state index in [1.54, 1.807) is 0 Å². The van der Waals surface area contributed by atoms with Crippen LogP contribution in [0.25, 0.3) is 21.9 Å². The highest BCUT2D eigenvalue weighted by Crippen LogP contribution is 2.21. The molecule has 1 aromatic carbocycles. The van der Waals surface area contributed by atoms with Crippen molar-refractivity contribution in [2.24, 2.45) is 5.73 Å². The highest BCUT2D eigenvalue weighted by atomic mass is 14.9. The summed E-state index contributed by atoms with van der Waals surface area (Å²) in [5.41, 5.74) is 8.58. The van der Waals surface area contributed by atoms with E-state index in [2.05, 4.69) is 41.2 Å². The van der Waals surface area contributed by atoms with Crippen LogP contribution in [-0.4, -0.2) is 21.5 Å². The van der Waals surface area contributed by atoms with Gasteiger partial charge in [-0.2, -0.15) is 0 Å². The Labute approximate surface area is 111 Å². The van der Waals surface area contributed by atoms with E-state index < -0.39 is 0 Å². The van der Waals surface area contributed by atoms with Crippen LogP contribution in [0.1, 0.15) is 18.3 Å². The third-order valence-electron chi connectivity index (χ3n) is 3.27. The molecule has 3 aromatic rings. The Kier molecular flexibility index (Phi) is 3.09. The lowest BCUT2D eigenvalue weighted by molar-refractivity contribution is 0.876. The summed E-state index contributed by atoms with van der Waals surface area (Å²) in [4.78, 5) is 13.5. The second-order valence-electron chi connectivity index (χ2n) is 4.57. The number of rotatable bonds is 3. The van der Waals surface area contributed by atoms with Gasteiger partial charge in [0.15, 0.2) is 5.65 Å². The number of nitrogens with two attached hydrogens (primary N) is 1. The first-order chi connectivity index (χ1) is 9.31. The standard InChI is InChI=1S/C15H16N4/c1-2-10-4-3-5-11-8-12-9-17-13(6-7-16)18-15(12)19-14(10)11/h3-5,8-9H,2,6-7,16H2,1H3. The van der Waals surface area contributed by atoms with Gasteiger partial charge in [-0.05, 0) is 24.6 Å². The van der Waals surface area contributed by atoms with Crippen molar-refractivity contribution in [1.82, 2.24) is 15.0 Å². The van der Waals surface area contributed by atoms with E-state index in [-0.39, 0.29) is 0 Å². The summed E-state index contributed by atoms with van der Waals surface area (Å²) in [6, 6.07) is 8.36. The van der Waals surface area contributed by atoms with Gasteiger partial charge in [-0.3, -0.25) is 0 Å². The molecule has 2 aromatic heterocycles. The van der Waals surface area contributed by atoms with E-state index in [4.69, 9.17) is 10.7 Å². The highest BCUT2D eigenvalue weighted by molar-refractivity contribution is 5.92. The fraction of sp³-hybridized carbons (Fsp3) is 0.267. The Balaban J connectivity index is 2.27. The van der Waals surface area contributed by atoms with Crippen LogP contribution in [-0.2, 0) is 12.8 Å². The molecule has 2 N–H and O–H groups in total. The van der Waals surface area contributed by atoms with E-state index >= 15 is 0 Å². The van der Waals surface area contributed by atoms with Crippen molar-refractivity contribution >= 4 is 21.9 Å². The molecule has 3 rings (SSSR count). The minimum absolute atomic E-state index is 0.555. The van der Waals surface area contributed by atoms with E-state index in [1.165, 1.54) is 5.56 Å². The maximum Gasteiger partial charge on any atom is 0.163 e. The third kappa shape index (κ3) is 2.15. The van der Waals surface area contributed by atoms with Gasteiger partial charge in [0.2, 0.25) is 0 Å². The largest absolute Gasteiger partial charge is 0.330 e. The number of hydrogen-bond donors (Lipinski definition) is 1. The minimum Gasteiger partial charge on any atom is -0.330 e. The van der Waals surface area contributed by atoms with Crippen LogP contribution < -0.4 is 5.73 Å². The molecule has 0 saturated carbocycles. The first-order valence-electron chi connectivity index (χ1n) is 6.56. The number of fused-ring (bicyclic) bond motifs is 2. The summed E-state index contributed by atoms with van der Waals surface area (Å²) in [6.45, 7) is 2.69. The molecule has 0 atom stereocenters. The molecule has 2 heterocycles. The number of pyridine rings is 1. The van der Waals surface area contributed by atoms with Crippen LogP contribution in [0.15, 0.2) is 30.5 Å². The number of para-hydroxylation sites is 1. The summed E-state index contributed by atoms with van der Waals surface area (Å²) in [5.74, 6) is 0.760. The maximum atomic E-state index is 5.54. The lowest BCUT2D eigenvalue weighted by atomic mass is 10.1. The summed E-state index contributed by atoms with van der Waals surface area (Å²) < 4.78 is 0. The van der Waals surface area contributed by atoms with Gasteiger partial charge in [0, 0.05) is 23.4 Å². The summed E-state index contributed by atoms with van der Waals surface area (Å²) >= 11 is 0. The lowest BCUT2D eigenvalue weighted by Gasteiger charge is -2.06. The molecule has 0 saturated heterocycles. The van der Waals surface area contributed by atoms with Crippen LogP contribution >= 0.6 is 0 Å². The molecular weight excluding hydrogens is 236 g/mol. The zero-order valence-electron chi connectivity index (χ0n) is 10.9. The number of aromatic nitrogens is 3.